The Morgan fingerprint density at radius 3 is 2.10 bits per heavy atom. The van der Waals surface area contributed by atoms with Crippen LogP contribution < -0.4 is 4.74 Å². The van der Waals surface area contributed by atoms with Gasteiger partial charge in [0.15, 0.2) is 0 Å². The summed E-state index contributed by atoms with van der Waals surface area (Å²) in [6.45, 7) is 11.4. The average molecular weight is 424 g/mol. The fourth-order valence-corrected chi connectivity index (χ4v) is 4.00. The van der Waals surface area contributed by atoms with Gasteiger partial charge in [0.1, 0.15) is 18.5 Å². The molecule has 7 heteroatoms. The monoisotopic (exact) mass is 423 g/mol. The minimum atomic E-state index is -0.395. The van der Waals surface area contributed by atoms with Crippen LogP contribution in [0.3, 0.4) is 0 Å². The van der Waals surface area contributed by atoms with Gasteiger partial charge in [-0.05, 0) is 26.0 Å². The lowest BCUT2D eigenvalue weighted by Crippen LogP contribution is -2.52. The van der Waals surface area contributed by atoms with E-state index in [1.165, 1.54) is 0 Å². The van der Waals surface area contributed by atoms with Gasteiger partial charge in [-0.15, -0.1) is 7.05 Å². The summed E-state index contributed by atoms with van der Waals surface area (Å²) in [5.41, 5.74) is 0. The second kappa shape index (κ2) is 12.6. The number of rotatable bonds is 10. The summed E-state index contributed by atoms with van der Waals surface area (Å²) in [4.78, 5) is 4.69. The van der Waals surface area contributed by atoms with Crippen molar-refractivity contribution in [3.05, 3.63) is 37.4 Å². The highest BCUT2D eigenvalue weighted by Gasteiger charge is 2.25. The fraction of sp³-hybridized carbons (Fsp3) is 0.696. The lowest BCUT2D eigenvalue weighted by Gasteiger charge is -2.44. The Hall–Kier alpha value is -1.22. The Bertz CT molecular complexity index is 587. The molecule has 1 saturated heterocycles. The third kappa shape index (κ3) is 9.29. The van der Waals surface area contributed by atoms with Gasteiger partial charge < -0.3 is 24.2 Å². The Morgan fingerprint density at radius 2 is 1.57 bits per heavy atom. The van der Waals surface area contributed by atoms with Crippen LogP contribution >= 0.6 is 0 Å². The van der Waals surface area contributed by atoms with E-state index in [0.717, 1.165) is 51.6 Å². The molecule has 1 aliphatic heterocycles. The van der Waals surface area contributed by atoms with Gasteiger partial charge in [-0.3, -0.25) is 9.80 Å². The van der Waals surface area contributed by atoms with Gasteiger partial charge in [0.2, 0.25) is 0 Å². The molecule has 1 fully saturated rings. The van der Waals surface area contributed by atoms with Crippen LogP contribution in [0.2, 0.25) is 0 Å². The van der Waals surface area contributed by atoms with Crippen LogP contribution in [-0.2, 0) is 4.74 Å². The average Bonchev–Trinajstić information content (AvgIpc) is 2.76. The summed E-state index contributed by atoms with van der Waals surface area (Å²) in [6, 6.07) is 9.80. The van der Waals surface area contributed by atoms with E-state index < -0.39 is 6.10 Å². The summed E-state index contributed by atoms with van der Waals surface area (Å²) in [6.07, 6.45) is -0.804. The topological polar surface area (TPSA) is 65.4 Å². The molecule has 0 aliphatic carbocycles. The standard InChI is InChI=1S/C23H41N3O4/c1-20(27)16-24-10-11-25(13-15-26(3,14-12-24)18-21(2)28)17-23(29-4)19-30-22-8-6-5-7-9-22/h5-9,20-21,23,27-28H,3,10-19H2,1-2,4H3/t20-,21-,23?,26?/m0/s1. The first-order valence-corrected chi connectivity index (χ1v) is 11.0. The Kier molecular flexibility index (Phi) is 10.5. The Balaban J connectivity index is 2.00. The molecule has 0 saturated carbocycles. The number of methoxy groups -OCH3 is 1. The molecule has 0 amide bonds. The van der Waals surface area contributed by atoms with Gasteiger partial charge in [-0.25, -0.2) is 0 Å². The van der Waals surface area contributed by atoms with Crippen molar-refractivity contribution in [3.63, 3.8) is 0 Å². The molecule has 4 atom stereocenters. The lowest BCUT2D eigenvalue weighted by molar-refractivity contribution is -0.887. The Morgan fingerprint density at radius 1 is 0.967 bits per heavy atom. The van der Waals surface area contributed by atoms with E-state index in [0.29, 0.717) is 24.2 Å². The second-order valence-electron chi connectivity index (χ2n) is 8.75. The van der Waals surface area contributed by atoms with E-state index in [4.69, 9.17) is 9.47 Å². The summed E-state index contributed by atoms with van der Waals surface area (Å²) in [7, 11) is 6.17. The maximum absolute atomic E-state index is 9.98. The third-order valence-corrected chi connectivity index (χ3v) is 5.66. The van der Waals surface area contributed by atoms with Crippen molar-refractivity contribution in [1.82, 2.24) is 9.80 Å². The molecule has 7 nitrogen and oxygen atoms in total. The van der Waals surface area contributed by atoms with Gasteiger partial charge in [0, 0.05) is 46.4 Å². The van der Waals surface area contributed by atoms with Crippen LogP contribution in [0.25, 0.3) is 0 Å². The maximum atomic E-state index is 9.98. The zero-order chi connectivity index (χ0) is 22.0. The smallest absolute Gasteiger partial charge is 0.119 e. The van der Waals surface area contributed by atoms with E-state index in [-0.39, 0.29) is 12.2 Å². The van der Waals surface area contributed by atoms with Gasteiger partial charge in [0.25, 0.3) is 0 Å². The van der Waals surface area contributed by atoms with Crippen molar-refractivity contribution in [2.45, 2.75) is 32.2 Å². The maximum Gasteiger partial charge on any atom is 0.119 e. The molecule has 1 aliphatic rings. The SMILES string of the molecule is [CH2-][N+]1(C[C@H](C)O)CCN(CC(COc2ccccc2)OC)CCN(C[C@H](C)O)CC1. The lowest BCUT2D eigenvalue weighted by atomic mass is 10.2. The fourth-order valence-electron chi connectivity index (χ4n) is 4.00. The van der Waals surface area contributed by atoms with Crippen molar-refractivity contribution in [1.29, 1.82) is 0 Å². The summed E-state index contributed by atoms with van der Waals surface area (Å²) in [5, 5.41) is 19.9. The van der Waals surface area contributed by atoms with Crippen molar-refractivity contribution >= 4 is 0 Å². The minimum absolute atomic E-state index is 0.0420. The molecule has 1 aromatic carbocycles. The molecule has 2 rings (SSSR count). The first kappa shape index (κ1) is 25.0. The molecule has 1 aromatic rings. The highest BCUT2D eigenvalue weighted by Crippen LogP contribution is 2.13. The molecule has 2 unspecified atom stereocenters. The van der Waals surface area contributed by atoms with E-state index in [2.05, 4.69) is 16.8 Å². The molecule has 0 spiro atoms. The van der Waals surface area contributed by atoms with Crippen LogP contribution in [0, 0.1) is 7.05 Å². The van der Waals surface area contributed by atoms with Crippen molar-refractivity contribution in [2.24, 2.45) is 0 Å². The number of ether oxygens (including phenoxy) is 2. The largest absolute Gasteiger partial charge is 0.491 e. The second-order valence-corrected chi connectivity index (χ2v) is 8.75. The number of hydrogen-bond acceptors (Lipinski definition) is 6. The summed E-state index contributed by atoms with van der Waals surface area (Å²) < 4.78 is 12.2. The van der Waals surface area contributed by atoms with Crippen LogP contribution in [0.15, 0.2) is 30.3 Å². The van der Waals surface area contributed by atoms with Crippen LogP contribution in [0.5, 0.6) is 5.75 Å². The molecule has 0 bridgehead atoms. The summed E-state index contributed by atoms with van der Waals surface area (Å²) in [5.74, 6) is 0.845. The van der Waals surface area contributed by atoms with Crippen LogP contribution in [0.1, 0.15) is 13.8 Å². The number of aliphatic hydroxyl groups is 2. The number of benzene rings is 1. The van der Waals surface area contributed by atoms with Crippen molar-refractivity contribution in [3.8, 4) is 5.75 Å². The normalized spacial score (nSPS) is 25.0. The molecule has 172 valence electrons. The predicted molar refractivity (Wildman–Crippen MR) is 119 cm³/mol. The molecule has 2 N–H and O–H groups in total. The van der Waals surface area contributed by atoms with E-state index in [1.54, 1.807) is 7.11 Å². The molecule has 1 heterocycles. The van der Waals surface area contributed by atoms with Crippen LogP contribution in [0.4, 0.5) is 0 Å². The van der Waals surface area contributed by atoms with E-state index in [1.807, 2.05) is 44.2 Å². The van der Waals surface area contributed by atoms with Crippen LogP contribution in [-0.4, -0.2) is 115 Å². The number of aliphatic hydroxyl groups excluding tert-OH is 2. The number of nitrogens with zero attached hydrogens (tertiary/aromatic N) is 3. The van der Waals surface area contributed by atoms with Gasteiger partial charge in [-0.2, -0.15) is 0 Å². The van der Waals surface area contributed by atoms with Crippen molar-refractivity contribution in [2.75, 3.05) is 72.6 Å². The molecule has 0 aromatic heterocycles. The number of hydrogen-bond donors (Lipinski definition) is 2. The summed E-state index contributed by atoms with van der Waals surface area (Å²) >= 11 is 0. The van der Waals surface area contributed by atoms with Gasteiger partial charge in [-0.1, -0.05) is 18.2 Å². The predicted octanol–water partition coefficient (Wildman–Crippen LogP) is 1.07. The molecular weight excluding hydrogens is 382 g/mol. The third-order valence-electron chi connectivity index (χ3n) is 5.66. The highest BCUT2D eigenvalue weighted by molar-refractivity contribution is 5.20. The number of quaternary nitrogens is 1. The minimum Gasteiger partial charge on any atom is -0.491 e. The molecule has 30 heavy (non-hydrogen) atoms. The van der Waals surface area contributed by atoms with Gasteiger partial charge >= 0.3 is 0 Å². The van der Waals surface area contributed by atoms with Crippen molar-refractivity contribution < 1.29 is 24.2 Å². The zero-order valence-corrected chi connectivity index (χ0v) is 18.9. The van der Waals surface area contributed by atoms with Gasteiger partial charge in [0.05, 0.1) is 31.8 Å². The quantitative estimate of drug-likeness (QED) is 0.434. The number of para-hydroxylation sites is 1. The highest BCUT2D eigenvalue weighted by atomic mass is 16.5. The number of β-amino-alcohol motifs (C(OH)–C–C–N with tert-alkyl or cyclic N) is 1. The molecule has 0 radical (unpaired) electrons. The van der Waals surface area contributed by atoms with E-state index in [9.17, 15) is 10.2 Å². The first-order chi connectivity index (χ1) is 14.3. The van der Waals surface area contributed by atoms with E-state index >= 15 is 0 Å². The molecular formula is C23H41N3O4. The zero-order valence-electron chi connectivity index (χ0n) is 18.9. The Labute approximate surface area is 182 Å². The first-order valence-electron chi connectivity index (χ1n) is 11.0.